The lowest BCUT2D eigenvalue weighted by molar-refractivity contribution is 0.618. The monoisotopic (exact) mass is 231 g/mol. The van der Waals surface area contributed by atoms with Gasteiger partial charge in [-0.15, -0.1) is 0 Å². The van der Waals surface area contributed by atoms with Crippen LogP contribution in [0.2, 0.25) is 0 Å². The van der Waals surface area contributed by atoms with Crippen molar-refractivity contribution in [1.82, 2.24) is 9.55 Å². The molecular formula is C13H14FN3. The summed E-state index contributed by atoms with van der Waals surface area (Å²) < 4.78 is 15.2. The van der Waals surface area contributed by atoms with Crippen LogP contribution < -0.4 is 5.32 Å². The Hall–Kier alpha value is -1.84. The zero-order valence-electron chi connectivity index (χ0n) is 9.65. The smallest absolute Gasteiger partial charge is 0.207 e. The lowest BCUT2D eigenvalue weighted by atomic mass is 10.2. The largest absolute Gasteiger partial charge is 0.353 e. The van der Waals surface area contributed by atoms with Gasteiger partial charge in [0.2, 0.25) is 5.95 Å². The number of hydrogen-bond donors (Lipinski definition) is 1. The molecule has 2 aromatic rings. The fraction of sp³-hybridized carbons (Fsp3) is 0.308. The molecule has 1 aromatic carbocycles. The van der Waals surface area contributed by atoms with Gasteiger partial charge in [0, 0.05) is 24.1 Å². The van der Waals surface area contributed by atoms with Crippen LogP contribution in [0, 0.1) is 12.7 Å². The molecule has 88 valence electrons. The van der Waals surface area contributed by atoms with E-state index in [2.05, 4.69) is 10.3 Å². The quantitative estimate of drug-likeness (QED) is 0.880. The summed E-state index contributed by atoms with van der Waals surface area (Å²) in [4.78, 5) is 4.28. The topological polar surface area (TPSA) is 29.9 Å². The van der Waals surface area contributed by atoms with Crippen LogP contribution >= 0.6 is 0 Å². The van der Waals surface area contributed by atoms with Gasteiger partial charge in [-0.05, 0) is 43.5 Å². The maximum atomic E-state index is 13.2. The summed E-state index contributed by atoms with van der Waals surface area (Å²) >= 11 is 0. The van der Waals surface area contributed by atoms with Crippen molar-refractivity contribution in [2.24, 2.45) is 0 Å². The zero-order chi connectivity index (χ0) is 11.8. The van der Waals surface area contributed by atoms with Crippen LogP contribution in [-0.2, 0) is 0 Å². The number of halogens is 1. The molecule has 0 atom stereocenters. The van der Waals surface area contributed by atoms with E-state index in [9.17, 15) is 4.39 Å². The van der Waals surface area contributed by atoms with Gasteiger partial charge in [-0.25, -0.2) is 9.37 Å². The van der Waals surface area contributed by atoms with Gasteiger partial charge in [-0.2, -0.15) is 0 Å². The van der Waals surface area contributed by atoms with E-state index in [1.807, 2.05) is 16.8 Å². The number of imidazole rings is 1. The third-order valence-corrected chi connectivity index (χ3v) is 2.97. The molecule has 0 aliphatic heterocycles. The fourth-order valence-corrected chi connectivity index (χ4v) is 1.81. The predicted octanol–water partition coefficient (Wildman–Crippen LogP) is 2.89. The highest BCUT2D eigenvalue weighted by molar-refractivity contribution is 5.44. The molecular weight excluding hydrogens is 217 g/mol. The molecule has 0 radical (unpaired) electrons. The number of nitrogens with zero attached hydrogens (tertiary/aromatic N) is 2. The van der Waals surface area contributed by atoms with Gasteiger partial charge in [0.15, 0.2) is 0 Å². The van der Waals surface area contributed by atoms with E-state index in [0.29, 0.717) is 11.6 Å². The van der Waals surface area contributed by atoms with Gasteiger partial charge in [-0.1, -0.05) is 0 Å². The summed E-state index contributed by atoms with van der Waals surface area (Å²) in [5.41, 5.74) is 1.58. The Labute approximate surface area is 99.3 Å². The van der Waals surface area contributed by atoms with Crippen molar-refractivity contribution < 1.29 is 4.39 Å². The number of nitrogens with one attached hydrogen (secondary N) is 1. The van der Waals surface area contributed by atoms with Crippen LogP contribution in [0.1, 0.15) is 18.4 Å². The second kappa shape index (κ2) is 3.87. The van der Waals surface area contributed by atoms with E-state index in [-0.39, 0.29) is 5.82 Å². The predicted molar refractivity (Wildman–Crippen MR) is 64.9 cm³/mol. The van der Waals surface area contributed by atoms with Crippen molar-refractivity contribution in [1.29, 1.82) is 0 Å². The van der Waals surface area contributed by atoms with Crippen molar-refractivity contribution in [2.75, 3.05) is 5.32 Å². The minimum atomic E-state index is -0.175. The molecule has 3 rings (SSSR count). The minimum absolute atomic E-state index is 0.175. The minimum Gasteiger partial charge on any atom is -0.353 e. The summed E-state index contributed by atoms with van der Waals surface area (Å²) in [5.74, 6) is 0.657. The number of aryl methyl sites for hydroxylation is 1. The van der Waals surface area contributed by atoms with Crippen LogP contribution in [0.15, 0.2) is 30.6 Å². The molecule has 1 aliphatic rings. The Morgan fingerprint density at radius 1 is 1.41 bits per heavy atom. The van der Waals surface area contributed by atoms with Crippen LogP contribution in [0.4, 0.5) is 10.3 Å². The third kappa shape index (κ3) is 2.02. The summed E-state index contributed by atoms with van der Waals surface area (Å²) in [6.07, 6.45) is 6.05. The summed E-state index contributed by atoms with van der Waals surface area (Å²) in [6, 6.07) is 5.64. The summed E-state index contributed by atoms with van der Waals surface area (Å²) in [6.45, 7) is 1.77. The highest BCUT2D eigenvalue weighted by Gasteiger charge is 2.22. The normalized spacial score (nSPS) is 14.9. The molecule has 1 saturated carbocycles. The van der Waals surface area contributed by atoms with Crippen molar-refractivity contribution in [3.63, 3.8) is 0 Å². The number of anilines is 1. The summed E-state index contributed by atoms with van der Waals surface area (Å²) in [5, 5.41) is 3.36. The molecule has 4 heteroatoms. The van der Waals surface area contributed by atoms with Crippen LogP contribution in [0.3, 0.4) is 0 Å². The molecule has 0 saturated heterocycles. The molecule has 1 aromatic heterocycles. The van der Waals surface area contributed by atoms with Crippen molar-refractivity contribution in [3.05, 3.63) is 42.0 Å². The lowest BCUT2D eigenvalue weighted by Crippen LogP contribution is -2.07. The number of hydrogen-bond acceptors (Lipinski definition) is 2. The SMILES string of the molecule is Cc1cc(-n2ccnc2NC2CC2)ccc1F. The Balaban J connectivity index is 1.96. The maximum Gasteiger partial charge on any atom is 0.207 e. The average molecular weight is 231 g/mol. The molecule has 3 nitrogen and oxygen atoms in total. The average Bonchev–Trinajstić information content (AvgIpc) is 3.00. The number of aromatic nitrogens is 2. The fourth-order valence-electron chi connectivity index (χ4n) is 1.81. The van der Waals surface area contributed by atoms with Gasteiger partial charge < -0.3 is 5.32 Å². The van der Waals surface area contributed by atoms with E-state index in [1.54, 1.807) is 19.2 Å². The number of benzene rings is 1. The first kappa shape index (κ1) is 10.3. The van der Waals surface area contributed by atoms with Crippen molar-refractivity contribution in [2.45, 2.75) is 25.8 Å². The second-order valence-corrected chi connectivity index (χ2v) is 4.47. The molecule has 1 N–H and O–H groups in total. The third-order valence-electron chi connectivity index (χ3n) is 2.97. The lowest BCUT2D eigenvalue weighted by Gasteiger charge is -2.10. The van der Waals surface area contributed by atoms with Crippen LogP contribution in [-0.4, -0.2) is 15.6 Å². The molecule has 1 heterocycles. The Morgan fingerprint density at radius 2 is 2.24 bits per heavy atom. The van der Waals surface area contributed by atoms with E-state index in [0.717, 1.165) is 11.6 Å². The van der Waals surface area contributed by atoms with Gasteiger partial charge in [-0.3, -0.25) is 4.57 Å². The van der Waals surface area contributed by atoms with Crippen LogP contribution in [0.25, 0.3) is 5.69 Å². The number of rotatable bonds is 3. The molecule has 17 heavy (non-hydrogen) atoms. The van der Waals surface area contributed by atoms with Crippen molar-refractivity contribution in [3.8, 4) is 5.69 Å². The second-order valence-electron chi connectivity index (χ2n) is 4.47. The van der Waals surface area contributed by atoms with Gasteiger partial charge in [0.1, 0.15) is 5.82 Å². The van der Waals surface area contributed by atoms with Gasteiger partial charge in [0.05, 0.1) is 0 Å². The Morgan fingerprint density at radius 3 is 2.94 bits per heavy atom. The van der Waals surface area contributed by atoms with Crippen molar-refractivity contribution >= 4 is 5.95 Å². The molecule has 1 aliphatic carbocycles. The highest BCUT2D eigenvalue weighted by Crippen LogP contribution is 2.25. The Bertz CT molecular complexity index is 543. The highest BCUT2D eigenvalue weighted by atomic mass is 19.1. The van der Waals surface area contributed by atoms with Gasteiger partial charge >= 0.3 is 0 Å². The first-order valence-electron chi connectivity index (χ1n) is 5.80. The molecule has 0 spiro atoms. The molecule has 1 fully saturated rings. The van der Waals surface area contributed by atoms with E-state index >= 15 is 0 Å². The standard InChI is InChI=1S/C13H14FN3/c1-9-8-11(4-5-12(9)14)17-7-6-15-13(17)16-10-2-3-10/h4-8,10H,2-3H2,1H3,(H,15,16). The molecule has 0 bridgehead atoms. The van der Waals surface area contributed by atoms with Crippen LogP contribution in [0.5, 0.6) is 0 Å². The summed E-state index contributed by atoms with van der Waals surface area (Å²) in [7, 11) is 0. The van der Waals surface area contributed by atoms with Gasteiger partial charge in [0.25, 0.3) is 0 Å². The van der Waals surface area contributed by atoms with E-state index < -0.39 is 0 Å². The molecule has 0 amide bonds. The Kier molecular flexibility index (Phi) is 2.35. The zero-order valence-corrected chi connectivity index (χ0v) is 9.65. The first-order valence-corrected chi connectivity index (χ1v) is 5.80. The van der Waals surface area contributed by atoms with E-state index in [1.165, 1.54) is 18.9 Å². The molecule has 0 unspecified atom stereocenters. The maximum absolute atomic E-state index is 13.2. The van der Waals surface area contributed by atoms with E-state index in [4.69, 9.17) is 0 Å². The first-order chi connectivity index (χ1) is 8.24.